The zero-order valence-electron chi connectivity index (χ0n) is 21.1. The minimum absolute atomic E-state index is 0.0175. The molecule has 2 amide bonds. The van der Waals surface area contributed by atoms with Crippen molar-refractivity contribution in [2.45, 2.75) is 63.1 Å². The van der Waals surface area contributed by atoms with Gasteiger partial charge in [0.15, 0.2) is 0 Å². The van der Waals surface area contributed by atoms with Gasteiger partial charge in [0.25, 0.3) is 5.91 Å². The maximum atomic E-state index is 14.6. The lowest BCUT2D eigenvalue weighted by Crippen LogP contribution is -2.60. The van der Waals surface area contributed by atoms with Crippen molar-refractivity contribution in [1.29, 1.82) is 0 Å². The van der Waals surface area contributed by atoms with Gasteiger partial charge >= 0.3 is 5.97 Å². The van der Waals surface area contributed by atoms with Gasteiger partial charge in [-0.2, -0.15) is 0 Å². The first-order valence-electron chi connectivity index (χ1n) is 12.3. The zero-order valence-corrected chi connectivity index (χ0v) is 21.9. The standard InChI is InChI=1S/C27H36N2O5S/c1-7-11-28(22-15(4)9-8-10-16(22)5)25(32)23-27-17(6)12-19(35-27)20(26(33)34)21(27)24(31)29(23)18(13-30)14(2)3/h7-10,14,17-21,23,30H,1,11-13H2,2-6H3,(H,33,34)/t17?,18-,19+,20-,21-,23?,27?/m0/s1. The molecule has 0 aromatic heterocycles. The van der Waals surface area contributed by atoms with Crippen molar-refractivity contribution in [3.63, 3.8) is 0 Å². The number of rotatable bonds is 8. The Morgan fingerprint density at radius 3 is 2.46 bits per heavy atom. The SMILES string of the molecule is C=CCN(C(=O)C1N([C@@H](CO)C(C)C)C(=O)[C@@H]2[C@@H](C(=O)O)[C@H]3CC(C)C12S3)c1c(C)cccc1C. The molecule has 3 heterocycles. The Labute approximate surface area is 211 Å². The van der Waals surface area contributed by atoms with Crippen molar-refractivity contribution in [2.24, 2.45) is 23.7 Å². The molecule has 3 aliphatic heterocycles. The number of thioether (sulfide) groups is 1. The number of carboxylic acid groups (broad SMARTS) is 1. The molecule has 3 fully saturated rings. The largest absolute Gasteiger partial charge is 0.481 e. The van der Waals surface area contributed by atoms with Crippen LogP contribution in [0, 0.1) is 37.5 Å². The van der Waals surface area contributed by atoms with Crippen LogP contribution in [0.2, 0.25) is 0 Å². The number of hydrogen-bond donors (Lipinski definition) is 2. The molecule has 1 spiro atoms. The van der Waals surface area contributed by atoms with Gasteiger partial charge in [-0.25, -0.2) is 0 Å². The Hall–Kier alpha value is -2.32. The van der Waals surface area contributed by atoms with Gasteiger partial charge < -0.3 is 20.0 Å². The molecular formula is C27H36N2O5S. The fraction of sp³-hybridized carbons (Fsp3) is 0.593. The Morgan fingerprint density at radius 1 is 1.31 bits per heavy atom. The van der Waals surface area contributed by atoms with E-state index in [1.807, 2.05) is 52.8 Å². The number of carbonyl (C=O) groups excluding carboxylic acids is 2. The fourth-order valence-corrected chi connectivity index (χ4v) is 9.19. The number of aliphatic hydroxyl groups is 1. The van der Waals surface area contributed by atoms with Crippen LogP contribution in [0.3, 0.4) is 0 Å². The van der Waals surface area contributed by atoms with Gasteiger partial charge in [-0.05, 0) is 43.2 Å². The number of aryl methyl sites for hydroxylation is 2. The second-order valence-corrected chi connectivity index (χ2v) is 12.2. The highest BCUT2D eigenvalue weighted by atomic mass is 32.2. The second kappa shape index (κ2) is 9.28. The smallest absolute Gasteiger partial charge is 0.308 e. The van der Waals surface area contributed by atoms with Gasteiger partial charge in [0.05, 0.1) is 29.2 Å². The number of hydrogen-bond acceptors (Lipinski definition) is 5. The normalized spacial score (nSPS) is 32.1. The number of aliphatic carboxylic acids is 1. The number of amides is 2. The molecule has 8 heteroatoms. The van der Waals surface area contributed by atoms with Gasteiger partial charge in [-0.1, -0.05) is 45.0 Å². The lowest BCUT2D eigenvalue weighted by atomic mass is 9.66. The zero-order chi connectivity index (χ0) is 25.8. The van der Waals surface area contributed by atoms with Crippen LogP contribution in [0.15, 0.2) is 30.9 Å². The lowest BCUT2D eigenvalue weighted by molar-refractivity contribution is -0.150. The van der Waals surface area contributed by atoms with E-state index in [9.17, 15) is 24.6 Å². The Bertz CT molecular complexity index is 1040. The van der Waals surface area contributed by atoms with E-state index in [0.29, 0.717) is 6.42 Å². The highest BCUT2D eigenvalue weighted by molar-refractivity contribution is 8.02. The number of anilines is 1. The van der Waals surface area contributed by atoms with Crippen molar-refractivity contribution in [2.75, 3.05) is 18.1 Å². The maximum absolute atomic E-state index is 14.6. The summed E-state index contributed by atoms with van der Waals surface area (Å²) in [6.45, 7) is 13.6. The van der Waals surface area contributed by atoms with Crippen LogP contribution in [-0.4, -0.2) is 68.1 Å². The van der Waals surface area contributed by atoms with Crippen LogP contribution in [0.5, 0.6) is 0 Å². The fourth-order valence-electron chi connectivity index (χ4n) is 6.80. The Kier molecular flexibility index (Phi) is 6.83. The minimum atomic E-state index is -0.981. The molecule has 4 rings (SSSR count). The molecule has 2 bridgehead atoms. The summed E-state index contributed by atoms with van der Waals surface area (Å²) >= 11 is 1.52. The van der Waals surface area contributed by atoms with Gasteiger partial charge in [0.1, 0.15) is 6.04 Å². The summed E-state index contributed by atoms with van der Waals surface area (Å²) in [4.78, 5) is 44.3. The molecule has 1 aromatic carbocycles. The van der Waals surface area contributed by atoms with E-state index < -0.39 is 34.6 Å². The summed E-state index contributed by atoms with van der Waals surface area (Å²) in [5.74, 6) is -3.27. The van der Waals surface area contributed by atoms with Crippen molar-refractivity contribution in [3.8, 4) is 0 Å². The van der Waals surface area contributed by atoms with E-state index in [1.54, 1.807) is 15.9 Å². The van der Waals surface area contributed by atoms with E-state index in [2.05, 4.69) is 6.58 Å². The first kappa shape index (κ1) is 25.8. The van der Waals surface area contributed by atoms with Crippen LogP contribution in [-0.2, 0) is 14.4 Å². The number of carbonyl (C=O) groups is 3. The number of benzene rings is 1. The monoisotopic (exact) mass is 500 g/mol. The van der Waals surface area contributed by atoms with Crippen LogP contribution >= 0.6 is 11.8 Å². The predicted molar refractivity (Wildman–Crippen MR) is 137 cm³/mol. The first-order chi connectivity index (χ1) is 16.5. The van der Waals surface area contributed by atoms with E-state index in [1.165, 1.54) is 11.8 Å². The summed E-state index contributed by atoms with van der Waals surface area (Å²) in [6.07, 6.45) is 2.33. The van der Waals surface area contributed by atoms with Gasteiger partial charge in [-0.3, -0.25) is 14.4 Å². The minimum Gasteiger partial charge on any atom is -0.481 e. The molecule has 3 unspecified atom stereocenters. The predicted octanol–water partition coefficient (Wildman–Crippen LogP) is 3.26. The number of aliphatic hydroxyl groups excluding tert-OH is 1. The number of fused-ring (bicyclic) bond motifs is 1. The van der Waals surface area contributed by atoms with E-state index >= 15 is 0 Å². The van der Waals surface area contributed by atoms with Gasteiger partial charge in [-0.15, -0.1) is 18.3 Å². The van der Waals surface area contributed by atoms with Crippen LogP contribution in [0.1, 0.15) is 38.3 Å². The highest BCUT2D eigenvalue weighted by Crippen LogP contribution is 2.69. The van der Waals surface area contributed by atoms with Crippen molar-refractivity contribution in [3.05, 3.63) is 42.0 Å². The summed E-state index contributed by atoms with van der Waals surface area (Å²) in [5.41, 5.74) is 2.66. The molecule has 35 heavy (non-hydrogen) atoms. The summed E-state index contributed by atoms with van der Waals surface area (Å²) in [7, 11) is 0. The van der Waals surface area contributed by atoms with E-state index in [-0.39, 0.29) is 42.1 Å². The van der Waals surface area contributed by atoms with Crippen LogP contribution in [0.25, 0.3) is 0 Å². The summed E-state index contributed by atoms with van der Waals surface area (Å²) in [6, 6.07) is 4.40. The Balaban J connectivity index is 1.92. The third-order valence-corrected chi connectivity index (χ3v) is 10.4. The second-order valence-electron chi connectivity index (χ2n) is 10.6. The third kappa shape index (κ3) is 3.63. The third-order valence-electron chi connectivity index (χ3n) is 8.30. The molecule has 7 atom stereocenters. The lowest BCUT2D eigenvalue weighted by Gasteiger charge is -2.43. The average molecular weight is 501 g/mol. The van der Waals surface area contributed by atoms with Crippen LogP contribution in [0.4, 0.5) is 5.69 Å². The molecular weight excluding hydrogens is 464 g/mol. The quantitative estimate of drug-likeness (QED) is 0.532. The van der Waals surface area contributed by atoms with Crippen molar-refractivity contribution >= 4 is 35.2 Å². The number of carboxylic acids is 1. The molecule has 190 valence electrons. The average Bonchev–Trinajstić information content (AvgIpc) is 3.37. The summed E-state index contributed by atoms with van der Waals surface area (Å²) < 4.78 is -0.847. The van der Waals surface area contributed by atoms with Crippen molar-refractivity contribution < 1.29 is 24.6 Å². The molecule has 2 N–H and O–H groups in total. The van der Waals surface area contributed by atoms with E-state index in [4.69, 9.17) is 0 Å². The molecule has 7 nitrogen and oxygen atoms in total. The van der Waals surface area contributed by atoms with E-state index in [0.717, 1.165) is 16.8 Å². The Morgan fingerprint density at radius 2 is 1.94 bits per heavy atom. The number of likely N-dealkylation sites (tertiary alicyclic amines) is 1. The number of nitrogens with zero attached hydrogens (tertiary/aromatic N) is 2. The molecule has 0 aliphatic carbocycles. The molecule has 1 aromatic rings. The van der Waals surface area contributed by atoms with Gasteiger partial charge in [0, 0.05) is 17.5 Å². The maximum Gasteiger partial charge on any atom is 0.308 e. The number of para-hydroxylation sites is 1. The van der Waals surface area contributed by atoms with Crippen LogP contribution < -0.4 is 4.90 Å². The molecule has 3 aliphatic rings. The molecule has 0 saturated carbocycles. The van der Waals surface area contributed by atoms with Gasteiger partial charge in [0.2, 0.25) is 5.91 Å². The molecule has 3 saturated heterocycles. The topological polar surface area (TPSA) is 98.2 Å². The molecule has 0 radical (unpaired) electrons. The van der Waals surface area contributed by atoms with Crippen molar-refractivity contribution in [1.82, 2.24) is 4.90 Å². The summed E-state index contributed by atoms with van der Waals surface area (Å²) in [5, 5.41) is 20.2. The first-order valence-corrected chi connectivity index (χ1v) is 13.2. The highest BCUT2D eigenvalue weighted by Gasteiger charge is 2.77.